The van der Waals surface area contributed by atoms with Crippen LogP contribution < -0.4 is 0 Å². The first-order chi connectivity index (χ1) is 28.7. The molecule has 0 aliphatic heterocycles. The third-order valence-electron chi connectivity index (χ3n) is 10.8. The number of esters is 1. The van der Waals surface area contributed by atoms with E-state index in [9.17, 15) is 9.90 Å². The summed E-state index contributed by atoms with van der Waals surface area (Å²) in [6.45, 7) is 5.21. The Morgan fingerprint density at radius 2 is 0.776 bits per heavy atom. The van der Waals surface area contributed by atoms with Gasteiger partial charge in [-0.2, -0.15) is 0 Å². The Balaban J connectivity index is 3.46. The minimum atomic E-state index is -0.548. The molecular formula is C54H96O4. The number of carbonyl (C=O) groups is 1. The van der Waals surface area contributed by atoms with Crippen LogP contribution in [0.4, 0.5) is 0 Å². The monoisotopic (exact) mass is 809 g/mol. The molecule has 0 saturated heterocycles. The predicted molar refractivity (Wildman–Crippen MR) is 256 cm³/mol. The van der Waals surface area contributed by atoms with E-state index in [-0.39, 0.29) is 19.2 Å². The Hall–Kier alpha value is -2.17. The van der Waals surface area contributed by atoms with E-state index >= 15 is 0 Å². The van der Waals surface area contributed by atoms with Gasteiger partial charge in [-0.1, -0.05) is 241 Å². The van der Waals surface area contributed by atoms with Gasteiger partial charge in [-0.25, -0.2) is 0 Å². The fraction of sp³-hybridized carbons (Fsp3) is 0.759. The van der Waals surface area contributed by atoms with Gasteiger partial charge < -0.3 is 14.6 Å². The molecule has 0 heterocycles. The largest absolute Gasteiger partial charge is 0.457 e. The Morgan fingerprint density at radius 1 is 0.431 bits per heavy atom. The summed E-state index contributed by atoms with van der Waals surface area (Å²) in [5, 5.41) is 9.65. The van der Waals surface area contributed by atoms with E-state index in [0.717, 1.165) is 70.6 Å². The molecule has 0 aliphatic carbocycles. The number of rotatable bonds is 46. The summed E-state index contributed by atoms with van der Waals surface area (Å²) in [4.78, 5) is 12.3. The Morgan fingerprint density at radius 3 is 1.17 bits per heavy atom. The molecule has 0 aromatic rings. The van der Waals surface area contributed by atoms with Crippen molar-refractivity contribution in [2.75, 3.05) is 19.8 Å². The predicted octanol–water partition coefficient (Wildman–Crippen LogP) is 16.9. The van der Waals surface area contributed by atoms with Crippen LogP contribution in [0.3, 0.4) is 0 Å². The van der Waals surface area contributed by atoms with Crippen LogP contribution in [0.5, 0.6) is 0 Å². The van der Waals surface area contributed by atoms with Gasteiger partial charge in [0.15, 0.2) is 0 Å². The lowest BCUT2D eigenvalue weighted by atomic mass is 10.0. The summed E-state index contributed by atoms with van der Waals surface area (Å²) in [5.41, 5.74) is 0. The van der Waals surface area contributed by atoms with Crippen molar-refractivity contribution in [3.8, 4) is 0 Å². The first kappa shape index (κ1) is 55.8. The third-order valence-corrected chi connectivity index (χ3v) is 10.8. The maximum atomic E-state index is 12.3. The normalized spacial score (nSPS) is 12.9. The Labute approximate surface area is 361 Å². The highest BCUT2D eigenvalue weighted by Crippen LogP contribution is 2.16. The number of aliphatic hydroxyl groups is 1. The van der Waals surface area contributed by atoms with Gasteiger partial charge in [0.1, 0.15) is 6.10 Å². The molecule has 0 bridgehead atoms. The summed E-state index contributed by atoms with van der Waals surface area (Å²) >= 11 is 0. The molecule has 0 saturated carbocycles. The average molecular weight is 809 g/mol. The first-order valence-electron chi connectivity index (χ1n) is 25.0. The SMILES string of the molecule is CC/C=C\C/C=C\C/C=C\C/C=C\C/C=C\C/C=C\CCCCCCCOCC(CO)OC(=O)CCCCCCCCCCCCCCCCCCCCCCCC. The molecule has 1 atom stereocenters. The standard InChI is InChI=1S/C54H96O4/c1-3-5-7-9-11-13-15-17-19-21-23-25-27-28-30-32-34-36-38-40-42-44-46-48-50-57-52-53(51-55)58-54(56)49-47-45-43-41-39-37-35-33-31-29-26-24-22-20-18-16-14-12-10-8-6-4-2/h5,7,11,13,17,19,23,25,28,30,34,36,53,55H,3-4,6,8-10,12,14-16,18,20-22,24,26-27,29,31-33,35,37-52H2,1-2H3/b7-5-,13-11-,19-17-,25-23-,30-28-,36-34-. The molecule has 0 spiro atoms. The molecule has 0 rings (SSSR count). The lowest BCUT2D eigenvalue weighted by Crippen LogP contribution is -2.27. The van der Waals surface area contributed by atoms with Crippen molar-refractivity contribution in [2.45, 2.75) is 245 Å². The molecule has 0 radical (unpaired) electrons. The van der Waals surface area contributed by atoms with E-state index in [1.807, 2.05) is 0 Å². The highest BCUT2D eigenvalue weighted by atomic mass is 16.6. The number of carbonyl (C=O) groups excluding carboxylic acids is 1. The molecule has 4 nitrogen and oxygen atoms in total. The second-order valence-corrected chi connectivity index (χ2v) is 16.5. The molecule has 0 amide bonds. The van der Waals surface area contributed by atoms with Crippen LogP contribution in [0, 0.1) is 0 Å². The van der Waals surface area contributed by atoms with E-state index in [1.54, 1.807) is 0 Å². The zero-order valence-corrected chi connectivity index (χ0v) is 38.5. The fourth-order valence-corrected chi connectivity index (χ4v) is 7.10. The van der Waals surface area contributed by atoms with Gasteiger partial charge in [0, 0.05) is 13.0 Å². The van der Waals surface area contributed by atoms with Gasteiger partial charge >= 0.3 is 5.97 Å². The quantitative estimate of drug-likeness (QED) is 0.0378. The van der Waals surface area contributed by atoms with Crippen LogP contribution in [-0.4, -0.2) is 37.0 Å². The van der Waals surface area contributed by atoms with Gasteiger partial charge in [0.05, 0.1) is 13.2 Å². The number of unbranched alkanes of at least 4 members (excludes halogenated alkanes) is 26. The van der Waals surface area contributed by atoms with Crippen molar-refractivity contribution in [3.05, 3.63) is 72.9 Å². The van der Waals surface area contributed by atoms with Gasteiger partial charge in [0.25, 0.3) is 0 Å². The van der Waals surface area contributed by atoms with Crippen molar-refractivity contribution in [1.82, 2.24) is 0 Å². The van der Waals surface area contributed by atoms with E-state index in [0.29, 0.717) is 13.0 Å². The molecule has 336 valence electrons. The van der Waals surface area contributed by atoms with Crippen LogP contribution in [0.25, 0.3) is 0 Å². The highest BCUT2D eigenvalue weighted by Gasteiger charge is 2.13. The molecule has 4 heteroatoms. The Bertz CT molecular complexity index is 989. The molecule has 0 fully saturated rings. The van der Waals surface area contributed by atoms with E-state index in [4.69, 9.17) is 9.47 Å². The highest BCUT2D eigenvalue weighted by molar-refractivity contribution is 5.69. The third kappa shape index (κ3) is 48.2. The number of hydrogen-bond acceptors (Lipinski definition) is 4. The van der Waals surface area contributed by atoms with Crippen LogP contribution >= 0.6 is 0 Å². The molecule has 58 heavy (non-hydrogen) atoms. The molecule has 0 aliphatic rings. The van der Waals surface area contributed by atoms with E-state index in [2.05, 4.69) is 86.8 Å². The van der Waals surface area contributed by atoms with Crippen molar-refractivity contribution in [3.63, 3.8) is 0 Å². The number of aliphatic hydroxyl groups excluding tert-OH is 1. The van der Waals surface area contributed by atoms with Crippen molar-refractivity contribution < 1.29 is 19.4 Å². The van der Waals surface area contributed by atoms with Crippen LogP contribution in [-0.2, 0) is 14.3 Å². The van der Waals surface area contributed by atoms with Crippen LogP contribution in [0.2, 0.25) is 0 Å². The number of allylic oxidation sites excluding steroid dienone is 12. The van der Waals surface area contributed by atoms with E-state index < -0.39 is 6.10 Å². The maximum Gasteiger partial charge on any atom is 0.306 e. The smallest absolute Gasteiger partial charge is 0.306 e. The Kier molecular flexibility index (Phi) is 49.1. The van der Waals surface area contributed by atoms with Crippen molar-refractivity contribution >= 4 is 5.97 Å². The van der Waals surface area contributed by atoms with Gasteiger partial charge in [-0.05, 0) is 64.2 Å². The molecule has 0 aromatic heterocycles. The summed E-state index contributed by atoms with van der Waals surface area (Å²) in [6.07, 6.45) is 69.9. The van der Waals surface area contributed by atoms with Crippen molar-refractivity contribution in [1.29, 1.82) is 0 Å². The lowest BCUT2D eigenvalue weighted by molar-refractivity contribution is -0.154. The second kappa shape index (κ2) is 51.0. The maximum absolute atomic E-state index is 12.3. The topological polar surface area (TPSA) is 55.8 Å². The van der Waals surface area contributed by atoms with Gasteiger partial charge in [-0.15, -0.1) is 0 Å². The molecular weight excluding hydrogens is 713 g/mol. The van der Waals surface area contributed by atoms with Crippen molar-refractivity contribution in [2.24, 2.45) is 0 Å². The zero-order valence-electron chi connectivity index (χ0n) is 38.5. The molecule has 1 N–H and O–H groups in total. The second-order valence-electron chi connectivity index (χ2n) is 16.5. The lowest BCUT2D eigenvalue weighted by Gasteiger charge is -2.15. The number of hydrogen-bond donors (Lipinski definition) is 1. The minimum Gasteiger partial charge on any atom is -0.457 e. The number of ether oxygens (including phenoxy) is 2. The van der Waals surface area contributed by atoms with Gasteiger partial charge in [-0.3, -0.25) is 4.79 Å². The fourth-order valence-electron chi connectivity index (χ4n) is 7.10. The summed E-state index contributed by atoms with van der Waals surface area (Å²) in [6, 6.07) is 0. The first-order valence-corrected chi connectivity index (χ1v) is 25.0. The summed E-state index contributed by atoms with van der Waals surface area (Å²) in [7, 11) is 0. The molecule has 0 aromatic carbocycles. The minimum absolute atomic E-state index is 0.181. The summed E-state index contributed by atoms with van der Waals surface area (Å²) in [5.74, 6) is -0.206. The van der Waals surface area contributed by atoms with Crippen LogP contribution in [0.15, 0.2) is 72.9 Å². The summed E-state index contributed by atoms with van der Waals surface area (Å²) < 4.78 is 11.2. The van der Waals surface area contributed by atoms with Gasteiger partial charge in [0.2, 0.25) is 0 Å². The average Bonchev–Trinajstić information content (AvgIpc) is 3.23. The molecule has 1 unspecified atom stereocenters. The van der Waals surface area contributed by atoms with E-state index in [1.165, 1.54) is 148 Å². The zero-order chi connectivity index (χ0) is 41.9. The van der Waals surface area contributed by atoms with Crippen LogP contribution in [0.1, 0.15) is 239 Å².